The molecule has 13 heavy (non-hydrogen) atoms. The van der Waals surface area contributed by atoms with Crippen molar-refractivity contribution in [2.75, 3.05) is 20.0 Å². The van der Waals surface area contributed by atoms with Gasteiger partial charge < -0.3 is 24.4 Å². The second kappa shape index (κ2) is 3.22. The summed E-state index contributed by atoms with van der Waals surface area (Å²) < 4.78 is 15.4. The summed E-state index contributed by atoms with van der Waals surface area (Å²) in [6.07, 6.45) is -1.55. The molecule has 2 fully saturated rings. The molecule has 2 saturated heterocycles. The third kappa shape index (κ3) is 1.29. The van der Waals surface area contributed by atoms with Crippen LogP contribution in [-0.4, -0.2) is 61.9 Å². The van der Waals surface area contributed by atoms with Crippen molar-refractivity contribution < 1.29 is 24.4 Å². The normalized spacial score (nSPS) is 50.5. The zero-order chi connectivity index (χ0) is 9.47. The minimum Gasteiger partial charge on any atom is -0.393 e. The maximum absolute atomic E-state index is 9.74. The predicted molar refractivity (Wildman–Crippen MR) is 42.1 cm³/mol. The number of fused-ring (bicyclic) bond motifs is 2. The first-order valence-corrected chi connectivity index (χ1v) is 4.11. The van der Waals surface area contributed by atoms with Gasteiger partial charge in [-0.3, -0.25) is 0 Å². The fourth-order valence-corrected chi connectivity index (χ4v) is 1.71. The van der Waals surface area contributed by atoms with Crippen LogP contribution in [0.3, 0.4) is 0 Å². The Morgan fingerprint density at radius 3 is 3.00 bits per heavy atom. The number of hydrogen-bond donors (Lipinski definition) is 2. The molecule has 2 radical (unpaired) electrons. The summed E-state index contributed by atoms with van der Waals surface area (Å²) in [5.41, 5.74) is -1.11. The van der Waals surface area contributed by atoms with Gasteiger partial charge in [-0.15, -0.1) is 0 Å². The first-order chi connectivity index (χ1) is 6.19. The molecule has 0 spiro atoms. The minimum absolute atomic E-state index is 0.0700. The molecular weight excluding hydrogens is 175 g/mol. The van der Waals surface area contributed by atoms with E-state index in [0.717, 1.165) is 0 Å². The monoisotopic (exact) mass is 186 g/mol. The summed E-state index contributed by atoms with van der Waals surface area (Å²) in [5, 5.41) is 18.8. The van der Waals surface area contributed by atoms with Gasteiger partial charge in [-0.25, -0.2) is 0 Å². The predicted octanol–water partition coefficient (Wildman–Crippen LogP) is -2.02. The maximum atomic E-state index is 9.74. The second-order valence-electron chi connectivity index (χ2n) is 3.35. The van der Waals surface area contributed by atoms with E-state index >= 15 is 0 Å². The summed E-state index contributed by atoms with van der Waals surface area (Å²) in [6.45, 7) is -0.170. The van der Waals surface area contributed by atoms with E-state index in [2.05, 4.69) is 0 Å². The molecule has 72 valence electrons. The lowest BCUT2D eigenvalue weighted by Crippen LogP contribution is -2.48. The van der Waals surface area contributed by atoms with Crippen LogP contribution < -0.4 is 0 Å². The molecule has 0 amide bonds. The molecule has 1 unspecified atom stereocenters. The van der Waals surface area contributed by atoms with E-state index in [0.29, 0.717) is 0 Å². The van der Waals surface area contributed by atoms with Crippen molar-refractivity contribution in [3.63, 3.8) is 0 Å². The molecule has 2 aliphatic rings. The van der Waals surface area contributed by atoms with Crippen LogP contribution in [0.2, 0.25) is 0 Å². The van der Waals surface area contributed by atoms with Crippen molar-refractivity contribution in [3.8, 4) is 0 Å². The molecule has 0 aromatic rings. The Morgan fingerprint density at radius 2 is 2.31 bits per heavy atom. The Hall–Kier alpha value is -0.135. The molecule has 0 aliphatic carbocycles. The van der Waals surface area contributed by atoms with Gasteiger partial charge in [0.25, 0.3) is 0 Å². The molecule has 2 heterocycles. The van der Waals surface area contributed by atoms with E-state index in [-0.39, 0.29) is 20.0 Å². The Balaban J connectivity index is 2.24. The SMILES string of the molecule is [B][C@@H]1O[C@@]2(CO)COCO[C@H]1C2O. The van der Waals surface area contributed by atoms with E-state index < -0.39 is 23.8 Å². The molecule has 2 rings (SSSR count). The zero-order valence-corrected chi connectivity index (χ0v) is 7.05. The summed E-state index contributed by atoms with van der Waals surface area (Å²) >= 11 is 0. The fraction of sp³-hybridized carbons (Fsp3) is 1.00. The van der Waals surface area contributed by atoms with E-state index in [9.17, 15) is 5.11 Å². The third-order valence-electron chi connectivity index (χ3n) is 2.50. The van der Waals surface area contributed by atoms with E-state index in [1.54, 1.807) is 0 Å². The molecule has 5 nitrogen and oxygen atoms in total. The summed E-state index contributed by atoms with van der Waals surface area (Å²) in [4.78, 5) is 0. The lowest BCUT2D eigenvalue weighted by Gasteiger charge is -2.28. The van der Waals surface area contributed by atoms with Crippen molar-refractivity contribution in [2.45, 2.75) is 23.8 Å². The molecule has 4 atom stereocenters. The van der Waals surface area contributed by atoms with Crippen LogP contribution in [0.1, 0.15) is 0 Å². The Morgan fingerprint density at radius 1 is 1.54 bits per heavy atom. The Bertz CT molecular complexity index is 201. The molecular formula is C7H11BO5. The van der Waals surface area contributed by atoms with Gasteiger partial charge in [0, 0.05) is 6.00 Å². The third-order valence-corrected chi connectivity index (χ3v) is 2.50. The fourth-order valence-electron chi connectivity index (χ4n) is 1.71. The average molecular weight is 186 g/mol. The highest BCUT2D eigenvalue weighted by atomic mass is 16.7. The topological polar surface area (TPSA) is 68.2 Å². The maximum Gasteiger partial charge on any atom is 0.147 e. The van der Waals surface area contributed by atoms with E-state index in [1.807, 2.05) is 0 Å². The molecule has 2 bridgehead atoms. The molecule has 0 aromatic heterocycles. The average Bonchev–Trinajstić information content (AvgIpc) is 2.26. The van der Waals surface area contributed by atoms with Crippen LogP contribution in [0.15, 0.2) is 0 Å². The lowest BCUT2D eigenvalue weighted by atomic mass is 9.90. The van der Waals surface area contributed by atoms with Gasteiger partial charge in [-0.1, -0.05) is 0 Å². The van der Waals surface area contributed by atoms with Crippen molar-refractivity contribution in [3.05, 3.63) is 0 Å². The van der Waals surface area contributed by atoms with Crippen LogP contribution in [0, 0.1) is 0 Å². The molecule has 2 aliphatic heterocycles. The molecule has 2 N–H and O–H groups in total. The minimum atomic E-state index is -1.11. The van der Waals surface area contributed by atoms with Gasteiger partial charge in [-0.05, 0) is 0 Å². The summed E-state index contributed by atoms with van der Waals surface area (Å²) in [6, 6.07) is -0.703. The van der Waals surface area contributed by atoms with Crippen molar-refractivity contribution >= 4 is 7.85 Å². The van der Waals surface area contributed by atoms with Crippen molar-refractivity contribution in [2.24, 2.45) is 0 Å². The van der Waals surface area contributed by atoms with Gasteiger partial charge in [0.05, 0.1) is 13.2 Å². The van der Waals surface area contributed by atoms with Gasteiger partial charge >= 0.3 is 0 Å². The van der Waals surface area contributed by atoms with Gasteiger partial charge in [0.1, 0.15) is 32.4 Å². The van der Waals surface area contributed by atoms with Crippen LogP contribution in [-0.2, 0) is 14.2 Å². The van der Waals surface area contributed by atoms with Crippen LogP contribution >= 0.6 is 0 Å². The number of rotatable bonds is 1. The van der Waals surface area contributed by atoms with Crippen molar-refractivity contribution in [1.82, 2.24) is 0 Å². The van der Waals surface area contributed by atoms with Crippen LogP contribution in [0.25, 0.3) is 0 Å². The number of ether oxygens (including phenoxy) is 3. The first-order valence-electron chi connectivity index (χ1n) is 4.11. The molecule has 6 heteroatoms. The first kappa shape index (κ1) is 9.42. The highest BCUT2D eigenvalue weighted by Crippen LogP contribution is 2.33. The highest BCUT2D eigenvalue weighted by molar-refractivity contribution is 6.11. The van der Waals surface area contributed by atoms with E-state index in [4.69, 9.17) is 27.2 Å². The smallest absolute Gasteiger partial charge is 0.147 e. The summed E-state index contributed by atoms with van der Waals surface area (Å²) in [5.74, 6) is 0. The zero-order valence-electron chi connectivity index (χ0n) is 7.05. The van der Waals surface area contributed by atoms with Crippen molar-refractivity contribution in [1.29, 1.82) is 0 Å². The lowest BCUT2D eigenvalue weighted by molar-refractivity contribution is -0.162. The number of aliphatic hydroxyl groups excluding tert-OH is 2. The van der Waals surface area contributed by atoms with Gasteiger partial charge in [0.2, 0.25) is 0 Å². The highest BCUT2D eigenvalue weighted by Gasteiger charge is 2.54. The molecule has 0 aromatic carbocycles. The second-order valence-corrected chi connectivity index (χ2v) is 3.35. The van der Waals surface area contributed by atoms with Gasteiger partial charge in [0.15, 0.2) is 0 Å². The Kier molecular flexibility index (Phi) is 2.33. The van der Waals surface area contributed by atoms with Crippen LogP contribution in [0.4, 0.5) is 0 Å². The van der Waals surface area contributed by atoms with Crippen LogP contribution in [0.5, 0.6) is 0 Å². The Labute approximate surface area is 77.0 Å². The number of aliphatic hydroxyl groups is 2. The van der Waals surface area contributed by atoms with E-state index in [1.165, 1.54) is 0 Å². The standard InChI is InChI=1S/C7H11BO5/c8-6-4-5(10)7(1-9,13-6)2-11-3-12-4/h4-6,9-10H,1-3H2/t4-,5?,6+,7-/m0/s1. The van der Waals surface area contributed by atoms with Gasteiger partial charge in [-0.2, -0.15) is 0 Å². The largest absolute Gasteiger partial charge is 0.393 e. The number of hydrogen-bond acceptors (Lipinski definition) is 5. The summed E-state index contributed by atoms with van der Waals surface area (Å²) in [7, 11) is 5.57. The quantitative estimate of drug-likeness (QED) is 0.462. The molecule has 0 saturated carbocycles.